The van der Waals surface area contributed by atoms with E-state index < -0.39 is 0 Å². The maximum atomic E-state index is 11.6. The van der Waals surface area contributed by atoms with Crippen LogP contribution in [-0.2, 0) is 4.79 Å². The fourth-order valence-electron chi connectivity index (χ4n) is 1.86. The van der Waals surface area contributed by atoms with Crippen LogP contribution in [0.25, 0.3) is 5.65 Å². The Hall–Kier alpha value is -2.11. The molecule has 94 valence electrons. The summed E-state index contributed by atoms with van der Waals surface area (Å²) in [6.07, 6.45) is 3.71. The van der Waals surface area contributed by atoms with Crippen LogP contribution in [-0.4, -0.2) is 33.1 Å². The fourth-order valence-corrected chi connectivity index (χ4v) is 1.86. The highest BCUT2D eigenvalue weighted by Gasteiger charge is 2.22. The second-order valence-corrected chi connectivity index (χ2v) is 4.64. The molecular weight excluding hydrogens is 230 g/mol. The van der Waals surface area contributed by atoms with Gasteiger partial charge >= 0.3 is 0 Å². The molecule has 0 atom stereocenters. The van der Waals surface area contributed by atoms with E-state index in [-0.39, 0.29) is 12.5 Å². The Morgan fingerprint density at radius 1 is 1.50 bits per heavy atom. The van der Waals surface area contributed by atoms with Crippen molar-refractivity contribution >= 4 is 17.4 Å². The van der Waals surface area contributed by atoms with Crippen LogP contribution in [0.15, 0.2) is 18.5 Å². The average molecular weight is 245 g/mol. The Kier molecular flexibility index (Phi) is 2.62. The Labute approximate surface area is 104 Å². The molecule has 0 radical (unpaired) electrons. The van der Waals surface area contributed by atoms with Gasteiger partial charge in [0.2, 0.25) is 5.91 Å². The van der Waals surface area contributed by atoms with Gasteiger partial charge in [0, 0.05) is 6.04 Å². The highest BCUT2D eigenvalue weighted by molar-refractivity contribution is 5.81. The molecule has 18 heavy (non-hydrogen) atoms. The Morgan fingerprint density at radius 3 is 3.11 bits per heavy atom. The zero-order chi connectivity index (χ0) is 12.5. The maximum absolute atomic E-state index is 11.6. The molecule has 2 N–H and O–H groups in total. The van der Waals surface area contributed by atoms with Gasteiger partial charge in [-0.3, -0.25) is 4.79 Å². The minimum atomic E-state index is 0.0206. The summed E-state index contributed by atoms with van der Waals surface area (Å²) in [5.74, 6) is 0.806. The SMILES string of the molecule is Cc1cc(NCC(=O)NC2CC2)n2ncnc2c1. The molecule has 2 aromatic heterocycles. The zero-order valence-corrected chi connectivity index (χ0v) is 10.2. The molecule has 1 saturated carbocycles. The minimum absolute atomic E-state index is 0.0206. The Balaban J connectivity index is 1.72. The summed E-state index contributed by atoms with van der Waals surface area (Å²) in [6.45, 7) is 2.25. The number of nitrogens with one attached hydrogen (secondary N) is 2. The van der Waals surface area contributed by atoms with E-state index in [0.29, 0.717) is 6.04 Å². The number of anilines is 1. The van der Waals surface area contributed by atoms with E-state index >= 15 is 0 Å². The first-order chi connectivity index (χ1) is 8.72. The first kappa shape index (κ1) is 11.0. The summed E-state index contributed by atoms with van der Waals surface area (Å²) >= 11 is 0. The number of hydrogen-bond donors (Lipinski definition) is 2. The molecule has 1 amide bonds. The van der Waals surface area contributed by atoms with Gasteiger partial charge in [-0.25, -0.2) is 4.98 Å². The van der Waals surface area contributed by atoms with Gasteiger partial charge in [0.05, 0.1) is 6.54 Å². The minimum Gasteiger partial charge on any atom is -0.361 e. The molecule has 6 nitrogen and oxygen atoms in total. The van der Waals surface area contributed by atoms with Crippen molar-refractivity contribution in [1.29, 1.82) is 0 Å². The highest BCUT2D eigenvalue weighted by Crippen LogP contribution is 2.18. The first-order valence-electron chi connectivity index (χ1n) is 6.06. The summed E-state index contributed by atoms with van der Waals surface area (Å²) in [4.78, 5) is 15.7. The van der Waals surface area contributed by atoms with E-state index in [0.717, 1.165) is 29.9 Å². The Morgan fingerprint density at radius 2 is 2.33 bits per heavy atom. The van der Waals surface area contributed by atoms with Gasteiger partial charge in [0.15, 0.2) is 5.65 Å². The van der Waals surface area contributed by atoms with Gasteiger partial charge in [0.1, 0.15) is 12.1 Å². The monoisotopic (exact) mass is 245 g/mol. The van der Waals surface area contributed by atoms with E-state index in [1.54, 1.807) is 4.52 Å². The number of aromatic nitrogens is 3. The van der Waals surface area contributed by atoms with Gasteiger partial charge in [-0.15, -0.1) is 0 Å². The summed E-state index contributed by atoms with van der Waals surface area (Å²) in [6, 6.07) is 4.29. The third-order valence-electron chi connectivity index (χ3n) is 2.90. The summed E-state index contributed by atoms with van der Waals surface area (Å²) in [5, 5.41) is 10.2. The van der Waals surface area contributed by atoms with Crippen LogP contribution in [0.5, 0.6) is 0 Å². The predicted molar refractivity (Wildman–Crippen MR) is 67.4 cm³/mol. The molecule has 0 aromatic carbocycles. The number of hydrogen-bond acceptors (Lipinski definition) is 4. The summed E-state index contributed by atoms with van der Waals surface area (Å²) < 4.78 is 1.69. The van der Waals surface area contributed by atoms with Crippen molar-refractivity contribution in [3.05, 3.63) is 24.0 Å². The van der Waals surface area contributed by atoms with Gasteiger partial charge in [-0.2, -0.15) is 9.61 Å². The lowest BCUT2D eigenvalue weighted by Crippen LogP contribution is -2.31. The molecule has 2 heterocycles. The molecule has 1 aliphatic rings. The lowest BCUT2D eigenvalue weighted by Gasteiger charge is -2.09. The smallest absolute Gasteiger partial charge is 0.239 e. The van der Waals surface area contributed by atoms with E-state index in [1.165, 1.54) is 6.33 Å². The topological polar surface area (TPSA) is 71.3 Å². The van der Waals surface area contributed by atoms with Crippen molar-refractivity contribution in [3.8, 4) is 0 Å². The number of fused-ring (bicyclic) bond motifs is 1. The predicted octanol–water partition coefficient (Wildman–Crippen LogP) is 0.728. The largest absolute Gasteiger partial charge is 0.361 e. The maximum Gasteiger partial charge on any atom is 0.239 e. The standard InChI is InChI=1S/C12H15N5O/c1-8-4-10(17-11(5-8)14-7-15-17)13-6-12(18)16-9-2-3-9/h4-5,7,9,13H,2-3,6H2,1H3,(H,16,18). The molecule has 0 aliphatic heterocycles. The van der Waals surface area contributed by atoms with Crippen LogP contribution in [0.1, 0.15) is 18.4 Å². The van der Waals surface area contributed by atoms with Gasteiger partial charge in [-0.1, -0.05) is 0 Å². The molecule has 1 aliphatic carbocycles. The summed E-state index contributed by atoms with van der Waals surface area (Å²) in [5.41, 5.74) is 1.86. The van der Waals surface area contributed by atoms with Crippen molar-refractivity contribution in [2.75, 3.05) is 11.9 Å². The van der Waals surface area contributed by atoms with Crippen LogP contribution in [0.2, 0.25) is 0 Å². The number of aryl methyl sites for hydroxylation is 1. The van der Waals surface area contributed by atoms with Crippen molar-refractivity contribution in [3.63, 3.8) is 0 Å². The van der Waals surface area contributed by atoms with Crippen LogP contribution < -0.4 is 10.6 Å². The van der Waals surface area contributed by atoms with Crippen LogP contribution >= 0.6 is 0 Å². The zero-order valence-electron chi connectivity index (χ0n) is 10.2. The highest BCUT2D eigenvalue weighted by atomic mass is 16.2. The van der Waals surface area contributed by atoms with Crippen LogP contribution in [0.3, 0.4) is 0 Å². The lowest BCUT2D eigenvalue weighted by atomic mass is 10.3. The normalized spacial score (nSPS) is 14.7. The van der Waals surface area contributed by atoms with Gasteiger partial charge in [0.25, 0.3) is 0 Å². The molecule has 2 aromatic rings. The molecule has 1 fully saturated rings. The van der Waals surface area contributed by atoms with Crippen molar-refractivity contribution < 1.29 is 4.79 Å². The second-order valence-electron chi connectivity index (χ2n) is 4.64. The van der Waals surface area contributed by atoms with E-state index in [2.05, 4.69) is 20.7 Å². The number of rotatable bonds is 4. The molecule has 6 heteroatoms. The molecule has 0 bridgehead atoms. The van der Waals surface area contributed by atoms with Crippen molar-refractivity contribution in [1.82, 2.24) is 19.9 Å². The fraction of sp³-hybridized carbons (Fsp3) is 0.417. The lowest BCUT2D eigenvalue weighted by molar-refractivity contribution is -0.119. The molecule has 3 rings (SSSR count). The number of carbonyl (C=O) groups is 1. The Bertz CT molecular complexity index is 587. The average Bonchev–Trinajstić information content (AvgIpc) is 3.01. The van der Waals surface area contributed by atoms with Crippen LogP contribution in [0.4, 0.5) is 5.82 Å². The molecular formula is C12H15N5O. The van der Waals surface area contributed by atoms with E-state index in [4.69, 9.17) is 0 Å². The van der Waals surface area contributed by atoms with Crippen molar-refractivity contribution in [2.24, 2.45) is 0 Å². The summed E-state index contributed by atoms with van der Waals surface area (Å²) in [7, 11) is 0. The molecule has 0 unspecified atom stereocenters. The molecule has 0 spiro atoms. The van der Waals surface area contributed by atoms with Gasteiger partial charge < -0.3 is 10.6 Å². The first-order valence-corrected chi connectivity index (χ1v) is 6.06. The number of nitrogens with zero attached hydrogens (tertiary/aromatic N) is 3. The molecule has 0 saturated heterocycles. The number of pyridine rings is 1. The second kappa shape index (κ2) is 4.29. The van der Waals surface area contributed by atoms with Gasteiger partial charge in [-0.05, 0) is 37.5 Å². The quantitative estimate of drug-likeness (QED) is 0.833. The van der Waals surface area contributed by atoms with E-state index in [1.807, 2.05) is 19.1 Å². The number of carbonyl (C=O) groups excluding carboxylic acids is 1. The third-order valence-corrected chi connectivity index (χ3v) is 2.90. The van der Waals surface area contributed by atoms with E-state index in [9.17, 15) is 4.79 Å². The number of amides is 1. The van der Waals surface area contributed by atoms with Crippen LogP contribution in [0, 0.1) is 6.92 Å². The van der Waals surface area contributed by atoms with Crippen molar-refractivity contribution in [2.45, 2.75) is 25.8 Å². The third kappa shape index (κ3) is 2.27.